The molecule has 0 rings (SSSR count). The van der Waals surface area contributed by atoms with Crippen LogP contribution in [-0.2, 0) is 28.5 Å². The Morgan fingerprint density at radius 2 is 1.68 bits per heavy atom. The van der Waals surface area contributed by atoms with Gasteiger partial charge in [-0.2, -0.15) is 0 Å². The van der Waals surface area contributed by atoms with Gasteiger partial charge in [-0.25, -0.2) is 9.36 Å². The maximum Gasteiger partial charge on any atom is 1.00 e. The fourth-order valence-electron chi connectivity index (χ4n) is 0.856. The number of aliphatic carboxylic acids is 2. The van der Waals surface area contributed by atoms with Crippen molar-refractivity contribution in [3.05, 3.63) is 0 Å². The number of rotatable bonds is 7. The molecule has 19 heavy (non-hydrogen) atoms. The second-order valence-electron chi connectivity index (χ2n) is 3.09. The van der Waals surface area contributed by atoms with E-state index in [-0.39, 0.29) is 29.6 Å². The first-order valence-corrected chi connectivity index (χ1v) is 5.59. The first kappa shape index (κ1) is 20.8. The van der Waals surface area contributed by atoms with Gasteiger partial charge < -0.3 is 29.9 Å². The van der Waals surface area contributed by atoms with Crippen LogP contribution in [0.5, 0.6) is 0 Å². The van der Waals surface area contributed by atoms with Gasteiger partial charge in [-0.15, -0.1) is 0 Å². The molecule has 0 fully saturated rings. The van der Waals surface area contributed by atoms with Crippen LogP contribution in [0.2, 0.25) is 0 Å². The Kier molecular flexibility index (Phi) is 8.67. The third kappa shape index (κ3) is 9.08. The summed E-state index contributed by atoms with van der Waals surface area (Å²) < 4.78 is 13.4. The maximum absolute atomic E-state index is 11.1. The van der Waals surface area contributed by atoms with E-state index in [1.165, 1.54) is 0 Å². The minimum atomic E-state index is -5.22. The third-order valence-electron chi connectivity index (χ3n) is 1.47. The summed E-state index contributed by atoms with van der Waals surface area (Å²) in [4.78, 5) is 51.5. The molecule has 0 bridgehead atoms. The second kappa shape index (κ2) is 7.92. The summed E-state index contributed by atoms with van der Waals surface area (Å²) in [6.07, 6.45) is -2.84. The van der Waals surface area contributed by atoms with E-state index in [0.29, 0.717) is 0 Å². The quantitative estimate of drug-likeness (QED) is 0.151. The summed E-state index contributed by atoms with van der Waals surface area (Å²) in [5.41, 5.74) is -3.07. The minimum absolute atomic E-state index is 0. The number of carbonyl (C=O) groups excluding carboxylic acids is 2. The molecule has 1 unspecified atom stereocenters. The SMILES string of the molecule is O=C([O-])CC(O)(CC(=O)O)C(=O)OOP(=O)(O)O.[Na+]. The molecule has 0 aromatic heterocycles. The molecule has 0 aliphatic carbocycles. The van der Waals surface area contributed by atoms with Crippen LogP contribution in [-0.4, -0.2) is 43.5 Å². The van der Waals surface area contributed by atoms with E-state index >= 15 is 0 Å². The summed E-state index contributed by atoms with van der Waals surface area (Å²) in [6, 6.07) is 0. The zero-order valence-electron chi connectivity index (χ0n) is 9.51. The Hall–Kier alpha value is -0.520. The summed E-state index contributed by atoms with van der Waals surface area (Å²) >= 11 is 0. The predicted molar refractivity (Wildman–Crippen MR) is 46.0 cm³/mol. The number of carboxylic acid groups (broad SMARTS) is 2. The van der Waals surface area contributed by atoms with E-state index in [1.54, 1.807) is 0 Å². The van der Waals surface area contributed by atoms with Gasteiger partial charge in [0.1, 0.15) is 0 Å². The van der Waals surface area contributed by atoms with E-state index in [4.69, 9.17) is 14.9 Å². The molecular formula is C6H8NaO11P. The van der Waals surface area contributed by atoms with E-state index in [2.05, 4.69) is 9.56 Å². The topological polar surface area (TPSA) is 191 Å². The smallest absolute Gasteiger partial charge is 0.550 e. The standard InChI is InChI=1S/C6H9O11P.Na/c7-3(8)1-6(12,2-4(9)10)5(11)16-17-18(13,14)15;/h12H,1-2H2,(H,7,8)(H,9,10)(H2,13,14,15);/q;+1/p-1. The molecule has 104 valence electrons. The Balaban J connectivity index is 0. The summed E-state index contributed by atoms with van der Waals surface area (Å²) in [5, 5.41) is 28.0. The molecule has 0 saturated carbocycles. The number of carboxylic acids is 2. The number of phosphoric acid groups is 1. The van der Waals surface area contributed by atoms with Crippen LogP contribution in [0.15, 0.2) is 0 Å². The van der Waals surface area contributed by atoms with E-state index < -0.39 is 44.2 Å². The number of carbonyl (C=O) groups is 3. The summed E-state index contributed by atoms with van der Waals surface area (Å²) in [7, 11) is -5.22. The van der Waals surface area contributed by atoms with Gasteiger partial charge in [0.05, 0.1) is 6.42 Å². The van der Waals surface area contributed by atoms with Crippen LogP contribution >= 0.6 is 7.82 Å². The monoisotopic (exact) mass is 310 g/mol. The van der Waals surface area contributed by atoms with Gasteiger partial charge in [0.25, 0.3) is 0 Å². The first-order valence-electron chi connectivity index (χ1n) is 4.06. The van der Waals surface area contributed by atoms with Crippen molar-refractivity contribution >= 4 is 25.7 Å². The van der Waals surface area contributed by atoms with Crippen molar-refractivity contribution in [3.8, 4) is 0 Å². The van der Waals surface area contributed by atoms with Crippen molar-refractivity contribution in [2.24, 2.45) is 0 Å². The molecular weight excluding hydrogens is 302 g/mol. The van der Waals surface area contributed by atoms with Crippen molar-refractivity contribution in [2.45, 2.75) is 18.4 Å². The molecule has 1 atom stereocenters. The van der Waals surface area contributed by atoms with Gasteiger partial charge >= 0.3 is 49.3 Å². The van der Waals surface area contributed by atoms with E-state index in [1.807, 2.05) is 0 Å². The van der Waals surface area contributed by atoms with Gasteiger partial charge in [-0.3, -0.25) is 9.68 Å². The molecule has 0 aromatic rings. The molecule has 0 amide bonds. The third-order valence-corrected chi connectivity index (χ3v) is 1.74. The maximum atomic E-state index is 11.1. The van der Waals surface area contributed by atoms with Crippen LogP contribution in [0.1, 0.15) is 12.8 Å². The Morgan fingerprint density at radius 1 is 1.21 bits per heavy atom. The Bertz CT molecular complexity index is 384. The minimum Gasteiger partial charge on any atom is -0.550 e. The molecule has 4 N–H and O–H groups in total. The normalized spacial score (nSPS) is 13.8. The van der Waals surface area contributed by atoms with Crippen LogP contribution in [0.25, 0.3) is 0 Å². The van der Waals surface area contributed by atoms with Gasteiger partial charge in [0.15, 0.2) is 5.60 Å². The molecule has 0 spiro atoms. The van der Waals surface area contributed by atoms with Crippen molar-refractivity contribution in [2.75, 3.05) is 0 Å². The molecule has 0 radical (unpaired) electrons. The van der Waals surface area contributed by atoms with Crippen LogP contribution in [0, 0.1) is 0 Å². The van der Waals surface area contributed by atoms with Crippen molar-refractivity contribution in [1.29, 1.82) is 0 Å². The Labute approximate surface area is 127 Å². The molecule has 0 saturated heterocycles. The molecule has 0 heterocycles. The van der Waals surface area contributed by atoms with Gasteiger partial charge in [-0.1, -0.05) is 4.67 Å². The van der Waals surface area contributed by atoms with Gasteiger partial charge in [-0.05, 0) is 0 Å². The molecule has 13 heteroatoms. The van der Waals surface area contributed by atoms with E-state index in [9.17, 15) is 29.2 Å². The first-order chi connectivity index (χ1) is 7.96. The predicted octanol–water partition coefficient (Wildman–Crippen LogP) is -6.10. The molecule has 11 nitrogen and oxygen atoms in total. The van der Waals surface area contributed by atoms with Gasteiger partial charge in [0.2, 0.25) is 0 Å². The molecule has 0 aliphatic rings. The van der Waals surface area contributed by atoms with Gasteiger partial charge in [0, 0.05) is 12.4 Å². The van der Waals surface area contributed by atoms with Crippen LogP contribution in [0.4, 0.5) is 0 Å². The number of aliphatic hydroxyl groups is 1. The number of hydrogen-bond donors (Lipinski definition) is 4. The Morgan fingerprint density at radius 3 is 2.00 bits per heavy atom. The molecule has 0 aromatic carbocycles. The fraction of sp³-hybridized carbons (Fsp3) is 0.500. The summed E-state index contributed by atoms with van der Waals surface area (Å²) in [6.45, 7) is 0. The fourth-order valence-corrected chi connectivity index (χ4v) is 1.02. The summed E-state index contributed by atoms with van der Waals surface area (Å²) in [5.74, 6) is -5.73. The van der Waals surface area contributed by atoms with E-state index in [0.717, 1.165) is 0 Å². The second-order valence-corrected chi connectivity index (χ2v) is 4.22. The van der Waals surface area contributed by atoms with Crippen LogP contribution in [0.3, 0.4) is 0 Å². The van der Waals surface area contributed by atoms with Crippen molar-refractivity contribution in [3.63, 3.8) is 0 Å². The van der Waals surface area contributed by atoms with Crippen LogP contribution < -0.4 is 34.7 Å². The molecule has 0 aliphatic heterocycles. The zero-order valence-corrected chi connectivity index (χ0v) is 12.4. The average molecular weight is 310 g/mol. The number of hydrogen-bond acceptors (Lipinski definition) is 8. The average Bonchev–Trinajstić information content (AvgIpc) is 2.09. The zero-order chi connectivity index (χ0) is 14.6. The van der Waals surface area contributed by atoms with Crippen molar-refractivity contribution < 1.29 is 83.2 Å². The van der Waals surface area contributed by atoms with Crippen molar-refractivity contribution in [1.82, 2.24) is 0 Å². The largest absolute Gasteiger partial charge is 1.00 e.